The molecule has 0 aliphatic rings. The van der Waals surface area contributed by atoms with Crippen molar-refractivity contribution in [3.63, 3.8) is 0 Å². The fourth-order valence-electron chi connectivity index (χ4n) is 2.86. The fraction of sp³-hybridized carbons (Fsp3) is 0.200. The van der Waals surface area contributed by atoms with Gasteiger partial charge in [-0.1, -0.05) is 11.6 Å². The Hall–Kier alpha value is -2.89. The molecule has 3 aromatic rings. The highest BCUT2D eigenvalue weighted by atomic mass is 35.5. The van der Waals surface area contributed by atoms with Gasteiger partial charge in [0.2, 0.25) is 10.0 Å². The van der Waals surface area contributed by atoms with Crippen molar-refractivity contribution in [3.8, 4) is 5.69 Å². The minimum absolute atomic E-state index is 0.0456. The summed E-state index contributed by atoms with van der Waals surface area (Å²) in [6, 6.07) is 10.2. The van der Waals surface area contributed by atoms with Crippen LogP contribution in [0.25, 0.3) is 5.69 Å². The van der Waals surface area contributed by atoms with E-state index in [2.05, 4.69) is 15.1 Å². The van der Waals surface area contributed by atoms with Crippen LogP contribution in [-0.4, -0.2) is 30.1 Å². The van der Waals surface area contributed by atoms with Crippen LogP contribution in [0.1, 0.15) is 29.9 Å². The molecule has 0 saturated heterocycles. The molecule has 2 N–H and O–H groups in total. The molecular formula is C20H18ClF3N4O3S. The lowest BCUT2D eigenvalue weighted by Gasteiger charge is -2.13. The van der Waals surface area contributed by atoms with Gasteiger partial charge in [0.1, 0.15) is 0 Å². The number of hydrogen-bond acceptors (Lipinski definition) is 4. The third-order valence-electron chi connectivity index (χ3n) is 4.17. The van der Waals surface area contributed by atoms with Crippen LogP contribution in [-0.2, 0) is 16.2 Å². The summed E-state index contributed by atoms with van der Waals surface area (Å²) in [6.45, 7) is 3.32. The Bertz CT molecular complexity index is 1220. The van der Waals surface area contributed by atoms with E-state index in [1.54, 1.807) is 13.8 Å². The number of hydrogen-bond donors (Lipinski definition) is 2. The summed E-state index contributed by atoms with van der Waals surface area (Å²) >= 11 is 5.78. The molecule has 1 aromatic heterocycles. The zero-order valence-corrected chi connectivity index (χ0v) is 18.4. The second kappa shape index (κ2) is 8.93. The normalized spacial score (nSPS) is 12.2. The van der Waals surface area contributed by atoms with Crippen LogP contribution in [0, 0.1) is 0 Å². The third kappa shape index (κ3) is 5.29. The van der Waals surface area contributed by atoms with E-state index in [9.17, 15) is 26.4 Å². The van der Waals surface area contributed by atoms with Crippen LogP contribution < -0.4 is 10.0 Å². The number of nitrogens with zero attached hydrogens (tertiary/aromatic N) is 2. The van der Waals surface area contributed by atoms with E-state index in [0.717, 1.165) is 6.20 Å². The van der Waals surface area contributed by atoms with Gasteiger partial charge in [0.05, 0.1) is 22.3 Å². The Kier molecular flexibility index (Phi) is 6.63. The van der Waals surface area contributed by atoms with E-state index >= 15 is 0 Å². The average molecular weight is 487 g/mol. The number of amides is 1. The van der Waals surface area contributed by atoms with Gasteiger partial charge in [0, 0.05) is 16.8 Å². The summed E-state index contributed by atoms with van der Waals surface area (Å²) in [5, 5.41) is 6.39. The number of anilines is 1. The van der Waals surface area contributed by atoms with E-state index in [1.165, 1.54) is 48.5 Å². The summed E-state index contributed by atoms with van der Waals surface area (Å²) in [5.74, 6) is -1.05. The quantitative estimate of drug-likeness (QED) is 0.537. The van der Waals surface area contributed by atoms with Crippen LogP contribution in [0.15, 0.2) is 59.6 Å². The van der Waals surface area contributed by atoms with Crippen molar-refractivity contribution in [2.75, 3.05) is 5.32 Å². The van der Waals surface area contributed by atoms with Crippen molar-refractivity contribution in [2.24, 2.45) is 0 Å². The molecule has 7 nitrogen and oxygen atoms in total. The topological polar surface area (TPSA) is 93.1 Å². The summed E-state index contributed by atoms with van der Waals surface area (Å²) in [4.78, 5) is 12.5. The lowest BCUT2D eigenvalue weighted by atomic mass is 10.2. The number of sulfonamides is 1. The molecule has 12 heteroatoms. The Morgan fingerprint density at radius 1 is 1.06 bits per heavy atom. The molecule has 1 heterocycles. The van der Waals surface area contributed by atoms with Crippen molar-refractivity contribution < 1.29 is 26.4 Å². The van der Waals surface area contributed by atoms with Gasteiger partial charge in [-0.05, 0) is 62.4 Å². The molecule has 0 aliphatic carbocycles. The summed E-state index contributed by atoms with van der Waals surface area (Å²) in [5.41, 5.74) is -1.75. The van der Waals surface area contributed by atoms with Crippen molar-refractivity contribution in [1.82, 2.24) is 14.5 Å². The molecule has 0 unspecified atom stereocenters. The Labute approximate surface area is 187 Å². The van der Waals surface area contributed by atoms with Gasteiger partial charge in [-0.3, -0.25) is 4.79 Å². The van der Waals surface area contributed by atoms with Gasteiger partial charge < -0.3 is 5.32 Å². The minimum atomic E-state index is -4.87. The maximum atomic E-state index is 13.8. The first-order chi connectivity index (χ1) is 14.9. The Morgan fingerprint density at radius 3 is 2.19 bits per heavy atom. The number of aromatic nitrogens is 2. The molecule has 0 bridgehead atoms. The van der Waals surface area contributed by atoms with E-state index in [1.807, 2.05) is 0 Å². The van der Waals surface area contributed by atoms with Crippen LogP contribution in [0.5, 0.6) is 0 Å². The van der Waals surface area contributed by atoms with Crippen LogP contribution in [0.4, 0.5) is 18.9 Å². The van der Waals surface area contributed by atoms with Gasteiger partial charge in [-0.25, -0.2) is 17.8 Å². The molecule has 0 spiro atoms. The van der Waals surface area contributed by atoms with Crippen LogP contribution >= 0.6 is 11.6 Å². The molecule has 3 rings (SSSR count). The maximum absolute atomic E-state index is 13.8. The highest BCUT2D eigenvalue weighted by molar-refractivity contribution is 7.89. The first-order valence-corrected chi connectivity index (χ1v) is 11.1. The number of carbonyl (C=O) groups excluding carboxylic acids is 1. The van der Waals surface area contributed by atoms with Gasteiger partial charge in [-0.2, -0.15) is 18.3 Å². The molecule has 170 valence electrons. The highest BCUT2D eigenvalue weighted by Crippen LogP contribution is 2.34. The predicted molar refractivity (Wildman–Crippen MR) is 113 cm³/mol. The van der Waals surface area contributed by atoms with Crippen LogP contribution in [0.3, 0.4) is 0 Å². The number of rotatable bonds is 6. The number of alkyl halides is 3. The molecule has 0 radical (unpaired) electrons. The van der Waals surface area contributed by atoms with Crippen LogP contribution in [0.2, 0.25) is 5.02 Å². The fourth-order valence-corrected chi connectivity index (χ4v) is 4.24. The summed E-state index contributed by atoms with van der Waals surface area (Å²) < 4.78 is 68.6. The molecule has 1 amide bonds. The third-order valence-corrected chi connectivity index (χ3v) is 6.09. The van der Waals surface area contributed by atoms with Gasteiger partial charge in [-0.15, -0.1) is 0 Å². The Morgan fingerprint density at radius 2 is 1.66 bits per heavy atom. The van der Waals surface area contributed by atoms with Gasteiger partial charge in [0.15, 0.2) is 5.69 Å². The SMILES string of the molecule is CC(C)NS(=O)(=O)c1ccc(NC(=O)c2cnn(-c3ccc(Cl)cc3)c2C(F)(F)F)cc1. The van der Waals surface area contributed by atoms with E-state index in [4.69, 9.17) is 11.6 Å². The number of benzene rings is 2. The van der Waals surface area contributed by atoms with Crippen molar-refractivity contribution >= 4 is 33.2 Å². The number of halogens is 4. The second-order valence-corrected chi connectivity index (χ2v) is 9.20. The monoisotopic (exact) mass is 486 g/mol. The first kappa shape index (κ1) is 23.8. The average Bonchev–Trinajstić information content (AvgIpc) is 3.14. The lowest BCUT2D eigenvalue weighted by Crippen LogP contribution is -2.30. The van der Waals surface area contributed by atoms with E-state index in [-0.39, 0.29) is 22.3 Å². The summed E-state index contributed by atoms with van der Waals surface area (Å²) in [6.07, 6.45) is -4.05. The number of carbonyl (C=O) groups is 1. The molecule has 2 aromatic carbocycles. The molecule has 0 atom stereocenters. The van der Waals surface area contributed by atoms with Crippen molar-refractivity contribution in [1.29, 1.82) is 0 Å². The zero-order chi connectivity index (χ0) is 23.7. The van der Waals surface area contributed by atoms with E-state index < -0.39 is 33.4 Å². The summed E-state index contributed by atoms with van der Waals surface area (Å²) in [7, 11) is -3.75. The molecule has 0 saturated carbocycles. The van der Waals surface area contributed by atoms with Gasteiger partial charge >= 0.3 is 6.18 Å². The highest BCUT2D eigenvalue weighted by Gasteiger charge is 2.40. The smallest absolute Gasteiger partial charge is 0.322 e. The minimum Gasteiger partial charge on any atom is -0.322 e. The van der Waals surface area contributed by atoms with Crippen molar-refractivity contribution in [2.45, 2.75) is 31.0 Å². The largest absolute Gasteiger partial charge is 0.434 e. The molecule has 0 fully saturated rings. The van der Waals surface area contributed by atoms with Gasteiger partial charge in [0.25, 0.3) is 5.91 Å². The second-order valence-electron chi connectivity index (χ2n) is 7.05. The maximum Gasteiger partial charge on any atom is 0.434 e. The Balaban J connectivity index is 1.89. The molecule has 32 heavy (non-hydrogen) atoms. The van der Waals surface area contributed by atoms with Crippen molar-refractivity contribution in [3.05, 3.63) is 71.0 Å². The number of nitrogens with one attached hydrogen (secondary N) is 2. The predicted octanol–water partition coefficient (Wildman–Crippen LogP) is 4.48. The first-order valence-electron chi connectivity index (χ1n) is 9.23. The lowest BCUT2D eigenvalue weighted by molar-refractivity contribution is -0.143. The van der Waals surface area contributed by atoms with E-state index in [0.29, 0.717) is 9.70 Å². The zero-order valence-electron chi connectivity index (χ0n) is 16.8. The standard InChI is InChI=1S/C20H18ClF3N4O3S/c1-12(2)27-32(30,31)16-9-5-14(6-10-16)26-19(29)17-11-25-28(18(17)20(22,23)24)15-7-3-13(21)4-8-15/h3-12,27H,1-2H3,(H,26,29). The molecule has 0 aliphatic heterocycles. The molecular weight excluding hydrogens is 469 g/mol.